The molecule has 2 heterocycles. The van der Waals surface area contributed by atoms with Gasteiger partial charge in [-0.1, -0.05) is 0 Å². The Bertz CT molecular complexity index is 531. The van der Waals surface area contributed by atoms with Crippen molar-refractivity contribution in [3.05, 3.63) is 36.0 Å². The molecule has 2 aromatic rings. The Morgan fingerprint density at radius 3 is 3.05 bits per heavy atom. The van der Waals surface area contributed by atoms with Crippen LogP contribution in [-0.4, -0.2) is 30.5 Å². The molecule has 4 heteroatoms. The number of rotatable bonds is 4. The second kappa shape index (κ2) is 5.45. The number of aromatic nitrogens is 2. The van der Waals surface area contributed by atoms with Gasteiger partial charge in [0.05, 0.1) is 12.8 Å². The van der Waals surface area contributed by atoms with Gasteiger partial charge in [-0.05, 0) is 48.6 Å². The standard InChI is InChI=1S/C15H18N2O2/c1-18-15-3-2-12(14-4-6-16-17-14)9-13(15)8-11-5-7-19-10-11/h2-4,6,9,11H,5,7-8,10H2,1H3,(H,16,17). The molecule has 1 aromatic heterocycles. The average molecular weight is 258 g/mol. The van der Waals surface area contributed by atoms with Crippen molar-refractivity contribution in [3.8, 4) is 17.0 Å². The summed E-state index contributed by atoms with van der Waals surface area (Å²) in [7, 11) is 1.72. The number of hydrogen-bond acceptors (Lipinski definition) is 3. The van der Waals surface area contributed by atoms with Crippen LogP contribution < -0.4 is 4.74 Å². The minimum Gasteiger partial charge on any atom is -0.496 e. The van der Waals surface area contributed by atoms with Crippen LogP contribution in [0.1, 0.15) is 12.0 Å². The summed E-state index contributed by atoms with van der Waals surface area (Å²) in [5.74, 6) is 1.56. The van der Waals surface area contributed by atoms with Gasteiger partial charge in [-0.2, -0.15) is 5.10 Å². The highest BCUT2D eigenvalue weighted by Gasteiger charge is 2.18. The van der Waals surface area contributed by atoms with Crippen molar-refractivity contribution < 1.29 is 9.47 Å². The topological polar surface area (TPSA) is 47.1 Å². The maximum Gasteiger partial charge on any atom is 0.122 e. The zero-order valence-electron chi connectivity index (χ0n) is 11.1. The first-order chi connectivity index (χ1) is 9.36. The van der Waals surface area contributed by atoms with E-state index in [4.69, 9.17) is 9.47 Å². The molecule has 0 saturated carbocycles. The van der Waals surface area contributed by atoms with Gasteiger partial charge in [-0.25, -0.2) is 0 Å². The zero-order valence-corrected chi connectivity index (χ0v) is 11.1. The van der Waals surface area contributed by atoms with Crippen LogP contribution in [0.3, 0.4) is 0 Å². The van der Waals surface area contributed by atoms with Crippen LogP contribution in [-0.2, 0) is 11.2 Å². The highest BCUT2D eigenvalue weighted by atomic mass is 16.5. The van der Waals surface area contributed by atoms with E-state index >= 15 is 0 Å². The number of ether oxygens (including phenoxy) is 2. The van der Waals surface area contributed by atoms with Gasteiger partial charge in [0.15, 0.2) is 0 Å². The number of aromatic amines is 1. The number of benzene rings is 1. The maximum atomic E-state index is 5.46. The van der Waals surface area contributed by atoms with Crippen molar-refractivity contribution in [2.45, 2.75) is 12.8 Å². The van der Waals surface area contributed by atoms with E-state index in [1.54, 1.807) is 13.3 Å². The SMILES string of the molecule is COc1ccc(-c2ccn[nH]2)cc1CC1CCOC1. The fraction of sp³-hybridized carbons (Fsp3) is 0.400. The monoisotopic (exact) mass is 258 g/mol. The highest BCUT2D eigenvalue weighted by Crippen LogP contribution is 2.29. The van der Waals surface area contributed by atoms with E-state index in [-0.39, 0.29) is 0 Å². The van der Waals surface area contributed by atoms with Crippen LogP contribution in [0.25, 0.3) is 11.3 Å². The lowest BCUT2D eigenvalue weighted by Gasteiger charge is -2.13. The van der Waals surface area contributed by atoms with Crippen molar-refractivity contribution in [2.75, 3.05) is 20.3 Å². The number of methoxy groups -OCH3 is 1. The number of hydrogen-bond donors (Lipinski definition) is 1. The average Bonchev–Trinajstić information content (AvgIpc) is 3.11. The normalized spacial score (nSPS) is 18.7. The molecule has 3 rings (SSSR count). The van der Waals surface area contributed by atoms with Crippen molar-refractivity contribution in [1.29, 1.82) is 0 Å². The second-order valence-corrected chi connectivity index (χ2v) is 4.93. The van der Waals surface area contributed by atoms with Crippen molar-refractivity contribution in [1.82, 2.24) is 10.2 Å². The van der Waals surface area contributed by atoms with E-state index in [2.05, 4.69) is 22.3 Å². The van der Waals surface area contributed by atoms with Crippen LogP contribution in [0.5, 0.6) is 5.75 Å². The lowest BCUT2D eigenvalue weighted by atomic mass is 9.96. The predicted octanol–water partition coefficient (Wildman–Crippen LogP) is 2.66. The zero-order chi connectivity index (χ0) is 13.1. The number of H-pyrrole nitrogens is 1. The van der Waals surface area contributed by atoms with Crippen molar-refractivity contribution in [3.63, 3.8) is 0 Å². The summed E-state index contributed by atoms with van der Waals surface area (Å²) in [4.78, 5) is 0. The highest BCUT2D eigenvalue weighted by molar-refractivity contribution is 5.61. The molecule has 1 atom stereocenters. The van der Waals surface area contributed by atoms with Gasteiger partial charge in [-0.15, -0.1) is 0 Å². The Morgan fingerprint density at radius 2 is 2.37 bits per heavy atom. The lowest BCUT2D eigenvalue weighted by molar-refractivity contribution is 0.185. The Balaban J connectivity index is 1.88. The molecule has 19 heavy (non-hydrogen) atoms. The molecular weight excluding hydrogens is 240 g/mol. The minimum atomic E-state index is 0.603. The molecule has 0 aliphatic carbocycles. The van der Waals surface area contributed by atoms with E-state index in [1.807, 2.05) is 12.1 Å². The summed E-state index contributed by atoms with van der Waals surface area (Å²) in [5.41, 5.74) is 3.42. The van der Waals surface area contributed by atoms with E-state index in [0.717, 1.165) is 43.1 Å². The van der Waals surface area contributed by atoms with E-state index in [1.165, 1.54) is 5.56 Å². The Labute approximate surface area is 112 Å². The van der Waals surface area contributed by atoms with Gasteiger partial charge >= 0.3 is 0 Å². The predicted molar refractivity (Wildman–Crippen MR) is 73.2 cm³/mol. The fourth-order valence-corrected chi connectivity index (χ4v) is 2.58. The van der Waals surface area contributed by atoms with Crippen LogP contribution in [0.2, 0.25) is 0 Å². The molecule has 0 bridgehead atoms. The molecule has 100 valence electrons. The summed E-state index contributed by atoms with van der Waals surface area (Å²) in [6, 6.07) is 8.25. The summed E-state index contributed by atoms with van der Waals surface area (Å²) >= 11 is 0. The molecular formula is C15H18N2O2. The van der Waals surface area contributed by atoms with Crippen LogP contribution in [0, 0.1) is 5.92 Å². The smallest absolute Gasteiger partial charge is 0.122 e. The van der Waals surface area contributed by atoms with Crippen LogP contribution >= 0.6 is 0 Å². The summed E-state index contributed by atoms with van der Waals surface area (Å²) in [6.45, 7) is 1.74. The molecule has 1 fully saturated rings. The summed E-state index contributed by atoms with van der Waals surface area (Å²) in [6.07, 6.45) is 3.91. The second-order valence-electron chi connectivity index (χ2n) is 4.93. The third-order valence-electron chi connectivity index (χ3n) is 3.62. The summed E-state index contributed by atoms with van der Waals surface area (Å²) in [5, 5.41) is 6.99. The molecule has 1 N–H and O–H groups in total. The van der Waals surface area contributed by atoms with E-state index in [0.29, 0.717) is 5.92 Å². The first kappa shape index (κ1) is 12.2. The summed E-state index contributed by atoms with van der Waals surface area (Å²) < 4.78 is 10.9. The fourth-order valence-electron chi connectivity index (χ4n) is 2.58. The molecule has 1 aliphatic heterocycles. The van der Waals surface area contributed by atoms with E-state index in [9.17, 15) is 0 Å². The van der Waals surface area contributed by atoms with Gasteiger partial charge in [0.2, 0.25) is 0 Å². The van der Waals surface area contributed by atoms with Gasteiger partial charge in [0, 0.05) is 25.0 Å². The molecule has 0 radical (unpaired) electrons. The van der Waals surface area contributed by atoms with Gasteiger partial charge in [0.25, 0.3) is 0 Å². The van der Waals surface area contributed by atoms with Crippen molar-refractivity contribution >= 4 is 0 Å². The Kier molecular flexibility index (Phi) is 3.51. The Hall–Kier alpha value is -1.81. The third-order valence-corrected chi connectivity index (χ3v) is 3.62. The number of nitrogens with zero attached hydrogens (tertiary/aromatic N) is 1. The molecule has 0 amide bonds. The van der Waals surface area contributed by atoms with Crippen LogP contribution in [0.15, 0.2) is 30.5 Å². The molecule has 0 spiro atoms. The van der Waals surface area contributed by atoms with Crippen molar-refractivity contribution in [2.24, 2.45) is 5.92 Å². The van der Waals surface area contributed by atoms with Crippen LogP contribution in [0.4, 0.5) is 0 Å². The quantitative estimate of drug-likeness (QED) is 0.917. The minimum absolute atomic E-state index is 0.603. The number of nitrogens with one attached hydrogen (secondary N) is 1. The molecule has 1 unspecified atom stereocenters. The molecule has 4 nitrogen and oxygen atoms in total. The lowest BCUT2D eigenvalue weighted by Crippen LogP contribution is -2.05. The molecule has 1 aliphatic rings. The maximum absolute atomic E-state index is 5.46. The molecule has 1 saturated heterocycles. The van der Waals surface area contributed by atoms with Gasteiger partial charge in [0.1, 0.15) is 5.75 Å². The van der Waals surface area contributed by atoms with Gasteiger partial charge < -0.3 is 9.47 Å². The third kappa shape index (κ3) is 2.63. The largest absolute Gasteiger partial charge is 0.496 e. The Morgan fingerprint density at radius 1 is 1.42 bits per heavy atom. The molecule has 1 aromatic carbocycles. The van der Waals surface area contributed by atoms with E-state index < -0.39 is 0 Å². The first-order valence-electron chi connectivity index (χ1n) is 6.61. The van der Waals surface area contributed by atoms with Gasteiger partial charge in [-0.3, -0.25) is 5.10 Å². The first-order valence-corrected chi connectivity index (χ1v) is 6.61.